The van der Waals surface area contributed by atoms with Gasteiger partial charge >= 0.3 is 0 Å². The van der Waals surface area contributed by atoms with Crippen LogP contribution in [0.3, 0.4) is 0 Å². The molecule has 0 spiro atoms. The third-order valence-corrected chi connectivity index (χ3v) is 8.95. The molecule has 0 fully saturated rings. The Balaban J connectivity index is 1.78. The molecule has 3 aromatic carbocycles. The number of halogens is 1. The molecule has 0 unspecified atom stereocenters. The lowest BCUT2D eigenvalue weighted by Gasteiger charge is -2.35. The van der Waals surface area contributed by atoms with Gasteiger partial charge in [0.25, 0.3) is 7.44 Å². The molecule has 172 valence electrons. The first-order chi connectivity index (χ1) is 16.3. The van der Waals surface area contributed by atoms with Crippen LogP contribution >= 0.6 is 7.44 Å². The summed E-state index contributed by atoms with van der Waals surface area (Å²) < 4.78 is 33.1. The summed E-state index contributed by atoms with van der Waals surface area (Å²) in [5.41, 5.74) is 4.49. The van der Waals surface area contributed by atoms with Crippen LogP contribution in [0.4, 0.5) is 15.9 Å². The minimum atomic E-state index is -3.54. The zero-order chi connectivity index (χ0) is 24.0. The summed E-state index contributed by atoms with van der Waals surface area (Å²) in [6.07, 6.45) is 0. The van der Waals surface area contributed by atoms with E-state index in [1.54, 1.807) is 34.6 Å². The largest absolute Gasteiger partial charge is 0.316 e. The quantitative estimate of drug-likeness (QED) is 0.376. The molecule has 1 aliphatic heterocycles. The summed E-state index contributed by atoms with van der Waals surface area (Å²) in [6.45, 7) is 5.82. The highest BCUT2D eigenvalue weighted by molar-refractivity contribution is 7.72. The number of rotatable bonds is 4. The molecule has 0 amide bonds. The summed E-state index contributed by atoms with van der Waals surface area (Å²) in [5, 5.41) is 8.54. The van der Waals surface area contributed by atoms with Gasteiger partial charge in [0, 0.05) is 12.7 Å². The molecule has 1 aliphatic rings. The maximum Gasteiger partial charge on any atom is 0.296 e. The molecule has 8 heteroatoms. The van der Waals surface area contributed by atoms with Gasteiger partial charge in [-0.3, -0.25) is 9.24 Å². The van der Waals surface area contributed by atoms with E-state index in [2.05, 4.69) is 5.09 Å². The highest BCUT2D eigenvalue weighted by Gasteiger charge is 2.44. The average molecular weight is 473 g/mol. The zero-order valence-corrected chi connectivity index (χ0v) is 20.3. The van der Waals surface area contributed by atoms with Crippen molar-refractivity contribution in [3.8, 4) is 5.69 Å². The predicted octanol–water partition coefficient (Wildman–Crippen LogP) is 5.89. The molecule has 0 radical (unpaired) electrons. The SMILES string of the molecule is Cc1cccc(N[P@]2(=O)c3c(C)nn(-c4ccccc4)c3N=C(c3ccccc3F)N2C)c1C. The summed E-state index contributed by atoms with van der Waals surface area (Å²) in [5.74, 6) is 0.280. The molecule has 1 aromatic heterocycles. The summed E-state index contributed by atoms with van der Waals surface area (Å²) in [7, 11) is -1.85. The predicted molar refractivity (Wildman–Crippen MR) is 135 cm³/mol. The molecule has 34 heavy (non-hydrogen) atoms. The van der Waals surface area contributed by atoms with Gasteiger partial charge in [0.05, 0.1) is 16.9 Å². The Morgan fingerprint density at radius 2 is 1.62 bits per heavy atom. The van der Waals surface area contributed by atoms with Crippen LogP contribution in [0.2, 0.25) is 0 Å². The van der Waals surface area contributed by atoms with Crippen LogP contribution in [0.1, 0.15) is 22.4 Å². The fourth-order valence-electron chi connectivity index (χ4n) is 4.21. The van der Waals surface area contributed by atoms with Crippen molar-refractivity contribution in [1.29, 1.82) is 0 Å². The lowest BCUT2D eigenvalue weighted by Crippen LogP contribution is -2.37. The first kappa shape index (κ1) is 22.1. The van der Waals surface area contributed by atoms with Crippen molar-refractivity contribution in [3.05, 3.63) is 101 Å². The minimum absolute atomic E-state index is 0.275. The molecule has 0 saturated heterocycles. The van der Waals surface area contributed by atoms with E-state index in [0.717, 1.165) is 22.5 Å². The molecule has 1 N–H and O–H groups in total. The minimum Gasteiger partial charge on any atom is -0.316 e. The molecule has 1 atom stereocenters. The number of fused-ring (bicyclic) bond motifs is 1. The first-order valence-electron chi connectivity index (χ1n) is 11.0. The van der Waals surface area contributed by atoms with Crippen molar-refractivity contribution in [1.82, 2.24) is 14.5 Å². The van der Waals surface area contributed by atoms with E-state index in [1.807, 2.05) is 69.3 Å². The Labute approximate surface area is 198 Å². The van der Waals surface area contributed by atoms with Gasteiger partial charge in [-0.15, -0.1) is 0 Å². The topological polar surface area (TPSA) is 62.5 Å². The van der Waals surface area contributed by atoms with Gasteiger partial charge in [0.15, 0.2) is 5.82 Å². The zero-order valence-electron chi connectivity index (χ0n) is 19.5. The third-order valence-electron chi connectivity index (χ3n) is 6.24. The van der Waals surface area contributed by atoms with Crippen LogP contribution in [0.5, 0.6) is 0 Å². The highest BCUT2D eigenvalue weighted by Crippen LogP contribution is 2.54. The average Bonchev–Trinajstić information content (AvgIpc) is 3.17. The Morgan fingerprint density at radius 3 is 2.35 bits per heavy atom. The lowest BCUT2D eigenvalue weighted by atomic mass is 10.1. The van der Waals surface area contributed by atoms with Crippen molar-refractivity contribution in [2.24, 2.45) is 4.99 Å². The second-order valence-electron chi connectivity index (χ2n) is 8.38. The fourth-order valence-corrected chi connectivity index (χ4v) is 6.66. The maximum absolute atomic E-state index is 14.9. The van der Waals surface area contributed by atoms with Gasteiger partial charge in [-0.25, -0.2) is 14.1 Å². The molecule has 5 rings (SSSR count). The molecular weight excluding hydrogens is 448 g/mol. The van der Waals surface area contributed by atoms with E-state index in [9.17, 15) is 8.96 Å². The van der Waals surface area contributed by atoms with E-state index >= 15 is 0 Å². The monoisotopic (exact) mass is 473 g/mol. The Bertz CT molecular complexity index is 1480. The second-order valence-corrected chi connectivity index (χ2v) is 10.8. The Kier molecular flexibility index (Phi) is 5.37. The van der Waals surface area contributed by atoms with E-state index in [-0.39, 0.29) is 11.4 Å². The molecule has 0 saturated carbocycles. The third kappa shape index (κ3) is 3.44. The van der Waals surface area contributed by atoms with E-state index in [0.29, 0.717) is 16.8 Å². The first-order valence-corrected chi connectivity index (χ1v) is 12.6. The lowest BCUT2D eigenvalue weighted by molar-refractivity contribution is 0.552. The van der Waals surface area contributed by atoms with Crippen LogP contribution in [-0.4, -0.2) is 27.3 Å². The van der Waals surface area contributed by atoms with Gasteiger partial charge < -0.3 is 5.09 Å². The maximum atomic E-state index is 14.9. The van der Waals surface area contributed by atoms with Crippen molar-refractivity contribution in [2.75, 3.05) is 12.1 Å². The van der Waals surface area contributed by atoms with Gasteiger partial charge in [0.2, 0.25) is 0 Å². The number of nitrogens with zero attached hydrogens (tertiary/aromatic N) is 4. The molecule has 2 heterocycles. The van der Waals surface area contributed by atoms with Gasteiger partial charge in [-0.2, -0.15) is 5.10 Å². The molecule has 0 bridgehead atoms. The number of amidine groups is 1. The molecular formula is C26H25FN5OP. The smallest absolute Gasteiger partial charge is 0.296 e. The second kappa shape index (κ2) is 8.26. The standard InChI is InChI=1S/C26H25FN5OP/c1-17-11-10-16-23(18(17)2)30-34(33)24-19(3)29-32(20-12-6-5-7-13-20)26(24)28-25(31(34)4)21-14-8-9-15-22(21)27/h5-16H,1-4H3,(H,30,33)/t34-/m1/s1. The number of nitrogens with one attached hydrogen (secondary N) is 1. The Morgan fingerprint density at radius 1 is 0.912 bits per heavy atom. The van der Waals surface area contributed by atoms with Crippen molar-refractivity contribution >= 4 is 30.1 Å². The number of aryl methyl sites for hydroxylation is 2. The van der Waals surface area contributed by atoms with Crippen molar-refractivity contribution in [2.45, 2.75) is 20.8 Å². The number of benzene rings is 3. The summed E-state index contributed by atoms with van der Waals surface area (Å²) in [6, 6.07) is 21.8. The molecule has 6 nitrogen and oxygen atoms in total. The number of para-hydroxylation sites is 1. The van der Waals surface area contributed by atoms with E-state index in [1.165, 1.54) is 6.07 Å². The molecule has 0 aliphatic carbocycles. The van der Waals surface area contributed by atoms with E-state index < -0.39 is 13.3 Å². The van der Waals surface area contributed by atoms with Crippen LogP contribution in [-0.2, 0) is 4.57 Å². The van der Waals surface area contributed by atoms with Gasteiger partial charge in [0.1, 0.15) is 17.0 Å². The van der Waals surface area contributed by atoms with Gasteiger partial charge in [-0.1, -0.05) is 42.5 Å². The summed E-state index contributed by atoms with van der Waals surface area (Å²) in [4.78, 5) is 4.82. The number of anilines is 1. The van der Waals surface area contributed by atoms with Crippen LogP contribution < -0.4 is 10.4 Å². The van der Waals surface area contributed by atoms with Crippen LogP contribution in [0.25, 0.3) is 5.69 Å². The Hall–Kier alpha value is -3.70. The normalized spacial score (nSPS) is 17.3. The van der Waals surface area contributed by atoms with Crippen LogP contribution in [0, 0.1) is 26.6 Å². The van der Waals surface area contributed by atoms with Gasteiger partial charge in [-0.05, 0) is 62.2 Å². The number of aromatic nitrogens is 2. The molecule has 4 aromatic rings. The summed E-state index contributed by atoms with van der Waals surface area (Å²) >= 11 is 0. The number of hydrogen-bond acceptors (Lipinski definition) is 3. The number of aliphatic imine (C=N–C) groups is 1. The number of hydrogen-bond donors (Lipinski definition) is 1. The van der Waals surface area contributed by atoms with Crippen molar-refractivity contribution < 1.29 is 8.96 Å². The van der Waals surface area contributed by atoms with Crippen LogP contribution in [0.15, 0.2) is 77.8 Å². The van der Waals surface area contributed by atoms with Crippen molar-refractivity contribution in [3.63, 3.8) is 0 Å². The van der Waals surface area contributed by atoms with E-state index in [4.69, 9.17) is 10.1 Å². The fraction of sp³-hybridized carbons (Fsp3) is 0.154. The highest BCUT2D eigenvalue weighted by atomic mass is 31.2.